The molecule has 0 aliphatic heterocycles. The van der Waals surface area contributed by atoms with Crippen molar-refractivity contribution in [3.05, 3.63) is 65.2 Å². The van der Waals surface area contributed by atoms with Crippen molar-refractivity contribution in [1.82, 2.24) is 10.2 Å². The highest BCUT2D eigenvalue weighted by Gasteiger charge is 2.32. The summed E-state index contributed by atoms with van der Waals surface area (Å²) in [7, 11) is -3.75. The van der Waals surface area contributed by atoms with E-state index in [2.05, 4.69) is 5.32 Å². The largest absolute Gasteiger partial charge is 0.354 e. The number of carbonyl (C=O) groups is 2. The maximum atomic E-state index is 13.7. The highest BCUT2D eigenvalue weighted by atomic mass is 32.2. The van der Waals surface area contributed by atoms with E-state index in [1.165, 1.54) is 4.90 Å². The Hall–Kier alpha value is -2.87. The third-order valence-corrected chi connectivity index (χ3v) is 6.75. The van der Waals surface area contributed by atoms with Gasteiger partial charge in [-0.3, -0.25) is 13.9 Å². The highest BCUT2D eigenvalue weighted by molar-refractivity contribution is 7.92. The number of nitrogens with zero attached hydrogens (tertiary/aromatic N) is 2. The number of hydrogen-bond acceptors (Lipinski definition) is 4. The van der Waals surface area contributed by atoms with Gasteiger partial charge in [-0.2, -0.15) is 0 Å². The molecule has 0 unspecified atom stereocenters. The van der Waals surface area contributed by atoms with Crippen LogP contribution in [0.1, 0.15) is 43.9 Å². The second kappa shape index (κ2) is 12.0. The summed E-state index contributed by atoms with van der Waals surface area (Å²) in [6.45, 7) is 9.82. The van der Waals surface area contributed by atoms with Gasteiger partial charge in [0, 0.05) is 13.1 Å². The van der Waals surface area contributed by atoms with E-state index >= 15 is 0 Å². The van der Waals surface area contributed by atoms with Crippen LogP contribution in [0.15, 0.2) is 48.5 Å². The van der Waals surface area contributed by atoms with Gasteiger partial charge in [0.15, 0.2) is 0 Å². The Morgan fingerprint density at radius 3 is 2.06 bits per heavy atom. The maximum absolute atomic E-state index is 13.7. The topological polar surface area (TPSA) is 86.8 Å². The number of rotatable bonds is 11. The summed E-state index contributed by atoms with van der Waals surface area (Å²) >= 11 is 0. The molecule has 1 N–H and O–H groups in total. The van der Waals surface area contributed by atoms with Crippen molar-refractivity contribution in [3.63, 3.8) is 0 Å². The second-order valence-corrected chi connectivity index (χ2v) is 11.0. The lowest BCUT2D eigenvalue weighted by atomic mass is 10.1. The van der Waals surface area contributed by atoms with Gasteiger partial charge in [-0.25, -0.2) is 8.42 Å². The number of nitrogens with one attached hydrogen (secondary N) is 1. The zero-order chi connectivity index (χ0) is 25.5. The van der Waals surface area contributed by atoms with Crippen LogP contribution in [0, 0.1) is 19.8 Å². The van der Waals surface area contributed by atoms with Gasteiger partial charge >= 0.3 is 0 Å². The van der Waals surface area contributed by atoms with Crippen molar-refractivity contribution in [2.45, 2.75) is 53.6 Å². The van der Waals surface area contributed by atoms with Crippen LogP contribution in [0.5, 0.6) is 0 Å². The van der Waals surface area contributed by atoms with Gasteiger partial charge in [0.25, 0.3) is 0 Å². The number of carbonyl (C=O) groups excluding carboxylic acids is 2. The standard InChI is InChI=1S/C26H37N3O4S/c1-7-23(26(31)27-16-19(2)3)28(17-22-14-9-8-10-15-22)24(30)18-29(34(6,32)33)25-20(4)12-11-13-21(25)5/h8-15,19,23H,7,16-18H2,1-6H3,(H,27,31)/t23-/m0/s1. The molecule has 0 saturated heterocycles. The molecule has 2 aromatic carbocycles. The van der Waals surface area contributed by atoms with E-state index in [4.69, 9.17) is 0 Å². The Morgan fingerprint density at radius 2 is 1.56 bits per heavy atom. The van der Waals surface area contributed by atoms with Crippen LogP contribution >= 0.6 is 0 Å². The number of sulfonamides is 1. The Labute approximate surface area is 204 Å². The predicted molar refractivity (Wildman–Crippen MR) is 137 cm³/mol. The van der Waals surface area contributed by atoms with Gasteiger partial charge in [0.05, 0.1) is 11.9 Å². The monoisotopic (exact) mass is 487 g/mol. The minimum absolute atomic E-state index is 0.206. The van der Waals surface area contributed by atoms with E-state index < -0.39 is 22.0 Å². The molecule has 0 bridgehead atoms. The molecule has 0 aliphatic carbocycles. The number of amides is 2. The molecule has 0 saturated carbocycles. The van der Waals surface area contributed by atoms with Crippen LogP contribution in [-0.4, -0.2) is 50.5 Å². The van der Waals surface area contributed by atoms with E-state index in [0.29, 0.717) is 18.7 Å². The number of para-hydroxylation sites is 1. The first-order chi connectivity index (χ1) is 16.0. The van der Waals surface area contributed by atoms with E-state index in [-0.39, 0.29) is 24.9 Å². The molecule has 34 heavy (non-hydrogen) atoms. The van der Waals surface area contributed by atoms with E-state index in [9.17, 15) is 18.0 Å². The Morgan fingerprint density at radius 1 is 0.971 bits per heavy atom. The zero-order valence-corrected chi connectivity index (χ0v) is 21.9. The fraction of sp³-hybridized carbons (Fsp3) is 0.462. The zero-order valence-electron chi connectivity index (χ0n) is 21.0. The van der Waals surface area contributed by atoms with Crippen LogP contribution < -0.4 is 9.62 Å². The molecule has 8 heteroatoms. The summed E-state index contributed by atoms with van der Waals surface area (Å²) < 4.78 is 26.7. The van der Waals surface area contributed by atoms with Gasteiger partial charge in [-0.15, -0.1) is 0 Å². The molecule has 0 aliphatic rings. The van der Waals surface area contributed by atoms with Crippen LogP contribution in [0.4, 0.5) is 5.69 Å². The van der Waals surface area contributed by atoms with Crippen molar-refractivity contribution in [3.8, 4) is 0 Å². The van der Waals surface area contributed by atoms with Gasteiger partial charge in [-0.05, 0) is 42.9 Å². The first-order valence-electron chi connectivity index (χ1n) is 11.6. The third-order valence-electron chi connectivity index (χ3n) is 5.63. The maximum Gasteiger partial charge on any atom is 0.244 e. The smallest absolute Gasteiger partial charge is 0.244 e. The van der Waals surface area contributed by atoms with E-state index in [1.54, 1.807) is 0 Å². The lowest BCUT2D eigenvalue weighted by Crippen LogP contribution is -2.52. The average molecular weight is 488 g/mol. The first kappa shape index (κ1) is 27.4. The van der Waals surface area contributed by atoms with Crippen molar-refractivity contribution >= 4 is 27.5 Å². The fourth-order valence-electron chi connectivity index (χ4n) is 3.90. The lowest BCUT2D eigenvalue weighted by molar-refractivity contribution is -0.140. The van der Waals surface area contributed by atoms with Crippen LogP contribution in [0.2, 0.25) is 0 Å². The van der Waals surface area contributed by atoms with Gasteiger partial charge in [-0.1, -0.05) is 69.3 Å². The predicted octanol–water partition coefficient (Wildman–Crippen LogP) is 3.65. The minimum atomic E-state index is -3.75. The molecule has 2 aromatic rings. The Balaban J connectivity index is 2.45. The molecule has 186 valence electrons. The third kappa shape index (κ3) is 7.32. The van der Waals surface area contributed by atoms with E-state index in [0.717, 1.165) is 27.3 Å². The Bertz CT molecular complexity index is 1060. The van der Waals surface area contributed by atoms with E-state index in [1.807, 2.05) is 83.1 Å². The normalized spacial score (nSPS) is 12.3. The molecule has 0 radical (unpaired) electrons. The van der Waals surface area contributed by atoms with Gasteiger partial charge in [0.2, 0.25) is 21.8 Å². The second-order valence-electron chi connectivity index (χ2n) is 9.08. The molecule has 0 aromatic heterocycles. The van der Waals surface area contributed by atoms with Crippen LogP contribution in [-0.2, 0) is 26.2 Å². The lowest BCUT2D eigenvalue weighted by Gasteiger charge is -2.33. The SMILES string of the molecule is CC[C@@H](C(=O)NCC(C)C)N(Cc1ccccc1)C(=O)CN(c1c(C)cccc1C)S(C)(=O)=O. The van der Waals surface area contributed by atoms with Crippen molar-refractivity contribution in [2.75, 3.05) is 23.7 Å². The molecular weight excluding hydrogens is 450 g/mol. The molecule has 2 amide bonds. The summed E-state index contributed by atoms with van der Waals surface area (Å²) in [5, 5.41) is 2.92. The number of hydrogen-bond donors (Lipinski definition) is 1. The molecule has 0 spiro atoms. The summed E-state index contributed by atoms with van der Waals surface area (Å²) in [5.41, 5.74) is 2.88. The quantitative estimate of drug-likeness (QED) is 0.524. The number of aryl methyl sites for hydroxylation is 2. The van der Waals surface area contributed by atoms with Crippen LogP contribution in [0.25, 0.3) is 0 Å². The van der Waals surface area contributed by atoms with Crippen molar-refractivity contribution in [1.29, 1.82) is 0 Å². The molecular formula is C26H37N3O4S. The van der Waals surface area contributed by atoms with Crippen molar-refractivity contribution in [2.24, 2.45) is 5.92 Å². The molecule has 0 fully saturated rings. The minimum Gasteiger partial charge on any atom is -0.354 e. The average Bonchev–Trinajstić information content (AvgIpc) is 2.76. The summed E-state index contributed by atoms with van der Waals surface area (Å²) in [6, 6.07) is 14.2. The fourth-order valence-corrected chi connectivity index (χ4v) is 4.86. The van der Waals surface area contributed by atoms with Crippen LogP contribution in [0.3, 0.4) is 0 Å². The molecule has 7 nitrogen and oxygen atoms in total. The number of anilines is 1. The van der Waals surface area contributed by atoms with Gasteiger partial charge in [0.1, 0.15) is 12.6 Å². The first-order valence-corrected chi connectivity index (χ1v) is 13.5. The highest BCUT2D eigenvalue weighted by Crippen LogP contribution is 2.27. The molecule has 0 heterocycles. The summed E-state index contributed by atoms with van der Waals surface area (Å²) in [5.74, 6) is -0.397. The molecule has 1 atom stereocenters. The van der Waals surface area contributed by atoms with Gasteiger partial charge < -0.3 is 10.2 Å². The van der Waals surface area contributed by atoms with Crippen molar-refractivity contribution < 1.29 is 18.0 Å². The summed E-state index contributed by atoms with van der Waals surface area (Å²) in [4.78, 5) is 28.2. The summed E-state index contributed by atoms with van der Waals surface area (Å²) in [6.07, 6.45) is 1.51. The molecule has 2 rings (SSSR count). The Kier molecular flexibility index (Phi) is 9.67. The number of benzene rings is 2.